The van der Waals surface area contributed by atoms with Gasteiger partial charge in [-0.25, -0.2) is 0 Å². The predicted molar refractivity (Wildman–Crippen MR) is 69.3 cm³/mol. The van der Waals surface area contributed by atoms with Crippen LogP contribution in [0.1, 0.15) is 44.0 Å². The molecular formula is C14H22N2O2. The van der Waals surface area contributed by atoms with E-state index in [9.17, 15) is 9.90 Å². The number of nitrogens with zero attached hydrogens (tertiary/aromatic N) is 2. The molecule has 1 fully saturated rings. The van der Waals surface area contributed by atoms with Crippen LogP contribution in [0.5, 0.6) is 0 Å². The second-order valence-corrected chi connectivity index (χ2v) is 5.68. The fraction of sp³-hybridized carbons (Fsp3) is 0.714. The minimum atomic E-state index is -0.641. The largest absolute Gasteiger partial charge is 0.481 e. The Hall–Kier alpha value is -1.32. The quantitative estimate of drug-likeness (QED) is 0.893. The van der Waals surface area contributed by atoms with E-state index in [1.54, 1.807) is 0 Å². The van der Waals surface area contributed by atoms with E-state index < -0.39 is 11.4 Å². The van der Waals surface area contributed by atoms with Crippen LogP contribution in [0.25, 0.3) is 0 Å². The van der Waals surface area contributed by atoms with Crippen LogP contribution in [0.15, 0.2) is 6.07 Å². The molecule has 18 heavy (non-hydrogen) atoms. The minimum Gasteiger partial charge on any atom is -0.481 e. The number of hydrogen-bond donors (Lipinski definition) is 1. The highest BCUT2D eigenvalue weighted by molar-refractivity contribution is 5.75. The van der Waals surface area contributed by atoms with Crippen molar-refractivity contribution >= 4 is 5.97 Å². The molecule has 2 rings (SSSR count). The molecule has 1 aromatic rings. The summed E-state index contributed by atoms with van der Waals surface area (Å²) in [7, 11) is 1.89. The molecule has 1 aliphatic carbocycles. The van der Waals surface area contributed by atoms with Crippen molar-refractivity contribution in [1.82, 2.24) is 9.78 Å². The first-order valence-corrected chi connectivity index (χ1v) is 6.70. The van der Waals surface area contributed by atoms with E-state index in [1.165, 1.54) is 0 Å². The topological polar surface area (TPSA) is 55.1 Å². The lowest BCUT2D eigenvalue weighted by Crippen LogP contribution is -2.31. The Kier molecular flexibility index (Phi) is 3.46. The van der Waals surface area contributed by atoms with Crippen LogP contribution >= 0.6 is 0 Å². The van der Waals surface area contributed by atoms with Crippen molar-refractivity contribution in [1.29, 1.82) is 0 Å². The SMILES string of the molecule is CCC1CCC(Cc2cc(C)nn2C)(C(=O)O)C1. The molecule has 0 aliphatic heterocycles. The first kappa shape index (κ1) is 13.1. The normalized spacial score (nSPS) is 27.6. The molecule has 100 valence electrons. The molecule has 1 N–H and O–H groups in total. The fourth-order valence-electron chi connectivity index (χ4n) is 3.19. The number of carboxylic acids is 1. The Labute approximate surface area is 108 Å². The fourth-order valence-corrected chi connectivity index (χ4v) is 3.19. The molecular weight excluding hydrogens is 228 g/mol. The Balaban J connectivity index is 2.22. The van der Waals surface area contributed by atoms with Gasteiger partial charge in [0.05, 0.1) is 11.1 Å². The molecule has 2 atom stereocenters. The zero-order valence-electron chi connectivity index (χ0n) is 11.4. The van der Waals surface area contributed by atoms with Gasteiger partial charge in [-0.1, -0.05) is 13.3 Å². The van der Waals surface area contributed by atoms with Crippen LogP contribution in [0.3, 0.4) is 0 Å². The monoisotopic (exact) mass is 250 g/mol. The zero-order valence-corrected chi connectivity index (χ0v) is 11.4. The summed E-state index contributed by atoms with van der Waals surface area (Å²) in [6, 6.07) is 2.00. The maximum atomic E-state index is 11.7. The van der Waals surface area contributed by atoms with Gasteiger partial charge in [-0.3, -0.25) is 9.48 Å². The van der Waals surface area contributed by atoms with Gasteiger partial charge in [-0.15, -0.1) is 0 Å². The smallest absolute Gasteiger partial charge is 0.310 e. The van der Waals surface area contributed by atoms with E-state index >= 15 is 0 Å². The summed E-state index contributed by atoms with van der Waals surface area (Å²) in [5.41, 5.74) is 1.42. The molecule has 1 aromatic heterocycles. The third-order valence-electron chi connectivity index (χ3n) is 4.36. The Morgan fingerprint density at radius 2 is 2.39 bits per heavy atom. The second kappa shape index (κ2) is 4.75. The van der Waals surface area contributed by atoms with Crippen molar-refractivity contribution in [2.24, 2.45) is 18.4 Å². The van der Waals surface area contributed by atoms with Crippen LogP contribution < -0.4 is 0 Å². The van der Waals surface area contributed by atoms with Gasteiger partial charge in [0.1, 0.15) is 0 Å². The van der Waals surface area contributed by atoms with Crippen molar-refractivity contribution in [3.8, 4) is 0 Å². The number of carbonyl (C=O) groups is 1. The van der Waals surface area contributed by atoms with Crippen LogP contribution in [-0.4, -0.2) is 20.9 Å². The second-order valence-electron chi connectivity index (χ2n) is 5.68. The molecule has 0 saturated heterocycles. The van der Waals surface area contributed by atoms with E-state index in [0.29, 0.717) is 12.3 Å². The zero-order chi connectivity index (χ0) is 13.3. The number of aromatic nitrogens is 2. The molecule has 4 heteroatoms. The van der Waals surface area contributed by atoms with Crippen molar-refractivity contribution in [2.75, 3.05) is 0 Å². The van der Waals surface area contributed by atoms with E-state index in [2.05, 4.69) is 12.0 Å². The lowest BCUT2D eigenvalue weighted by Gasteiger charge is -2.24. The predicted octanol–water partition coefficient (Wildman–Crippen LogP) is 2.55. The molecule has 0 amide bonds. The van der Waals surface area contributed by atoms with Gasteiger partial charge in [0.2, 0.25) is 0 Å². The van der Waals surface area contributed by atoms with Crippen LogP contribution in [0, 0.1) is 18.3 Å². The van der Waals surface area contributed by atoms with Gasteiger partial charge in [0.15, 0.2) is 0 Å². The molecule has 1 heterocycles. The molecule has 1 aliphatic rings. The van der Waals surface area contributed by atoms with Crippen molar-refractivity contribution < 1.29 is 9.90 Å². The highest BCUT2D eigenvalue weighted by Crippen LogP contribution is 2.45. The van der Waals surface area contributed by atoms with Crippen LogP contribution in [-0.2, 0) is 18.3 Å². The number of aryl methyl sites for hydroxylation is 2. The minimum absolute atomic E-state index is 0.565. The van der Waals surface area contributed by atoms with Crippen molar-refractivity contribution in [3.05, 3.63) is 17.5 Å². The van der Waals surface area contributed by atoms with Gasteiger partial charge in [0.25, 0.3) is 0 Å². The Morgan fingerprint density at radius 3 is 2.83 bits per heavy atom. The average Bonchev–Trinajstić information content (AvgIpc) is 2.85. The maximum absolute atomic E-state index is 11.7. The Bertz CT molecular complexity index is 453. The van der Waals surface area contributed by atoms with E-state index in [-0.39, 0.29) is 0 Å². The molecule has 1 saturated carbocycles. The first-order chi connectivity index (χ1) is 8.47. The van der Waals surface area contributed by atoms with E-state index in [1.807, 2.05) is 24.7 Å². The molecule has 4 nitrogen and oxygen atoms in total. The number of hydrogen-bond acceptors (Lipinski definition) is 2. The van der Waals surface area contributed by atoms with Gasteiger partial charge < -0.3 is 5.11 Å². The summed E-state index contributed by atoms with van der Waals surface area (Å²) in [5.74, 6) is -0.0762. The number of rotatable bonds is 4. The number of aliphatic carboxylic acids is 1. The summed E-state index contributed by atoms with van der Waals surface area (Å²) in [4.78, 5) is 11.7. The van der Waals surface area contributed by atoms with Gasteiger partial charge in [0, 0.05) is 19.2 Å². The van der Waals surface area contributed by atoms with Crippen molar-refractivity contribution in [2.45, 2.75) is 46.0 Å². The standard InChI is InChI=1S/C14H22N2O2/c1-4-11-5-6-14(8-11,13(17)18)9-12-7-10(2)15-16(12)3/h7,11H,4-6,8-9H2,1-3H3,(H,17,18). The third kappa shape index (κ3) is 2.28. The first-order valence-electron chi connectivity index (χ1n) is 6.70. The summed E-state index contributed by atoms with van der Waals surface area (Å²) < 4.78 is 1.82. The summed E-state index contributed by atoms with van der Waals surface area (Å²) >= 11 is 0. The van der Waals surface area contributed by atoms with Crippen molar-refractivity contribution in [3.63, 3.8) is 0 Å². The van der Waals surface area contributed by atoms with E-state index in [0.717, 1.165) is 37.1 Å². The lowest BCUT2D eigenvalue weighted by molar-refractivity contribution is -0.148. The summed E-state index contributed by atoms with van der Waals surface area (Å²) in [6.45, 7) is 4.09. The molecule has 0 spiro atoms. The highest BCUT2D eigenvalue weighted by Gasteiger charge is 2.45. The summed E-state index contributed by atoms with van der Waals surface area (Å²) in [6.07, 6.45) is 4.34. The molecule has 2 unspecified atom stereocenters. The Morgan fingerprint density at radius 1 is 1.67 bits per heavy atom. The average molecular weight is 250 g/mol. The third-order valence-corrected chi connectivity index (χ3v) is 4.36. The molecule has 0 aromatic carbocycles. The highest BCUT2D eigenvalue weighted by atomic mass is 16.4. The van der Waals surface area contributed by atoms with Crippen LogP contribution in [0.2, 0.25) is 0 Å². The van der Waals surface area contributed by atoms with Crippen LogP contribution in [0.4, 0.5) is 0 Å². The van der Waals surface area contributed by atoms with Gasteiger partial charge in [-0.05, 0) is 38.2 Å². The number of carboxylic acid groups (broad SMARTS) is 1. The summed E-state index contributed by atoms with van der Waals surface area (Å²) in [5, 5.41) is 13.9. The maximum Gasteiger partial charge on any atom is 0.310 e. The van der Waals surface area contributed by atoms with E-state index in [4.69, 9.17) is 0 Å². The molecule has 0 radical (unpaired) electrons. The lowest BCUT2D eigenvalue weighted by atomic mass is 9.80. The van der Waals surface area contributed by atoms with Gasteiger partial charge >= 0.3 is 5.97 Å². The molecule has 0 bridgehead atoms. The van der Waals surface area contributed by atoms with Gasteiger partial charge in [-0.2, -0.15) is 5.10 Å².